The molecule has 0 aromatic heterocycles. The minimum absolute atomic E-state index is 0.165. The van der Waals surface area contributed by atoms with Gasteiger partial charge in [0.25, 0.3) is 0 Å². The van der Waals surface area contributed by atoms with Gasteiger partial charge in [0.1, 0.15) is 0 Å². The summed E-state index contributed by atoms with van der Waals surface area (Å²) in [6.45, 7) is 1.34. The standard InChI is InChI=1S/C16H20Cl2N2O3/c17-16(18,15(22)23)9-3-10-19-12-5-7-13(8-6-12)20-11-2-1-4-14(20)21/h5-8,19H,1-4,9-11H2,(H,22,23). The fourth-order valence-electron chi connectivity index (χ4n) is 2.49. The summed E-state index contributed by atoms with van der Waals surface area (Å²) in [7, 11) is 0. The highest BCUT2D eigenvalue weighted by molar-refractivity contribution is 6.57. The van der Waals surface area contributed by atoms with Gasteiger partial charge in [0.2, 0.25) is 10.2 Å². The summed E-state index contributed by atoms with van der Waals surface area (Å²) in [5.74, 6) is -1.05. The molecule has 0 atom stereocenters. The van der Waals surface area contributed by atoms with Crippen LogP contribution in [0.2, 0.25) is 0 Å². The Labute approximate surface area is 145 Å². The van der Waals surface area contributed by atoms with Crippen molar-refractivity contribution in [2.24, 2.45) is 0 Å². The Morgan fingerprint density at radius 3 is 2.57 bits per heavy atom. The molecule has 0 radical (unpaired) electrons. The van der Waals surface area contributed by atoms with E-state index in [1.165, 1.54) is 0 Å². The van der Waals surface area contributed by atoms with Crippen LogP contribution >= 0.6 is 23.2 Å². The third kappa shape index (κ3) is 5.01. The molecule has 126 valence electrons. The van der Waals surface area contributed by atoms with Crippen LogP contribution in [0.1, 0.15) is 32.1 Å². The van der Waals surface area contributed by atoms with Gasteiger partial charge in [-0.25, -0.2) is 4.79 Å². The van der Waals surface area contributed by atoms with E-state index < -0.39 is 10.3 Å². The Bertz CT molecular complexity index is 561. The number of alkyl halides is 2. The van der Waals surface area contributed by atoms with Crippen LogP contribution < -0.4 is 10.2 Å². The topological polar surface area (TPSA) is 69.6 Å². The molecule has 0 bridgehead atoms. The van der Waals surface area contributed by atoms with Crippen molar-refractivity contribution in [3.63, 3.8) is 0 Å². The summed E-state index contributed by atoms with van der Waals surface area (Å²) in [6.07, 6.45) is 3.31. The molecule has 0 unspecified atom stereocenters. The number of hydrogen-bond acceptors (Lipinski definition) is 3. The molecule has 0 spiro atoms. The highest BCUT2D eigenvalue weighted by atomic mass is 35.5. The maximum atomic E-state index is 11.9. The van der Waals surface area contributed by atoms with Crippen molar-refractivity contribution in [3.05, 3.63) is 24.3 Å². The number of carboxylic acid groups (broad SMARTS) is 1. The molecule has 1 aliphatic rings. The van der Waals surface area contributed by atoms with Gasteiger partial charge in [0.15, 0.2) is 0 Å². The van der Waals surface area contributed by atoms with Gasteiger partial charge < -0.3 is 15.3 Å². The third-order valence-electron chi connectivity index (χ3n) is 3.81. The summed E-state index contributed by atoms with van der Waals surface area (Å²) < 4.78 is -1.74. The van der Waals surface area contributed by atoms with E-state index in [4.69, 9.17) is 28.3 Å². The normalized spacial score (nSPS) is 15.6. The number of nitrogens with zero attached hydrogens (tertiary/aromatic N) is 1. The number of anilines is 2. The maximum absolute atomic E-state index is 11.9. The highest BCUT2D eigenvalue weighted by Gasteiger charge is 2.32. The molecule has 1 aromatic rings. The van der Waals surface area contributed by atoms with Crippen LogP contribution in [0.3, 0.4) is 0 Å². The van der Waals surface area contributed by atoms with E-state index in [0.29, 0.717) is 19.4 Å². The van der Waals surface area contributed by atoms with Gasteiger partial charge in [0, 0.05) is 30.9 Å². The summed E-state index contributed by atoms with van der Waals surface area (Å²) in [4.78, 5) is 24.5. The molecule has 1 amide bonds. The first kappa shape index (κ1) is 17.9. The Morgan fingerprint density at radius 2 is 1.96 bits per heavy atom. The number of halogens is 2. The number of carbonyl (C=O) groups excluding carboxylic acids is 1. The molecule has 23 heavy (non-hydrogen) atoms. The lowest BCUT2D eigenvalue weighted by molar-refractivity contribution is -0.138. The second-order valence-electron chi connectivity index (χ2n) is 5.59. The van der Waals surface area contributed by atoms with Gasteiger partial charge in [-0.3, -0.25) is 4.79 Å². The molecular formula is C16H20Cl2N2O3. The lowest BCUT2D eigenvalue weighted by Crippen LogP contribution is -2.35. The number of carbonyl (C=O) groups is 2. The van der Waals surface area contributed by atoms with E-state index in [0.717, 1.165) is 30.8 Å². The van der Waals surface area contributed by atoms with Crippen molar-refractivity contribution in [3.8, 4) is 0 Å². The van der Waals surface area contributed by atoms with E-state index in [9.17, 15) is 9.59 Å². The number of piperidine rings is 1. The van der Waals surface area contributed by atoms with Gasteiger partial charge in [-0.1, -0.05) is 23.2 Å². The second kappa shape index (κ2) is 7.88. The molecule has 2 N–H and O–H groups in total. The first-order valence-corrected chi connectivity index (χ1v) is 8.41. The summed E-state index contributed by atoms with van der Waals surface area (Å²) in [5, 5.41) is 12.0. The minimum Gasteiger partial charge on any atom is -0.479 e. The first-order valence-electron chi connectivity index (χ1n) is 7.66. The zero-order valence-corrected chi connectivity index (χ0v) is 14.2. The monoisotopic (exact) mass is 358 g/mol. The maximum Gasteiger partial charge on any atom is 0.340 e. The average Bonchev–Trinajstić information content (AvgIpc) is 2.53. The number of carboxylic acids is 1. The number of nitrogens with one attached hydrogen (secondary N) is 1. The van der Waals surface area contributed by atoms with Gasteiger partial charge >= 0.3 is 5.97 Å². The van der Waals surface area contributed by atoms with Gasteiger partial charge in [-0.15, -0.1) is 0 Å². The Kier molecular flexibility index (Phi) is 6.13. The number of hydrogen-bond donors (Lipinski definition) is 2. The third-order valence-corrected chi connectivity index (χ3v) is 4.51. The van der Waals surface area contributed by atoms with E-state index >= 15 is 0 Å². The van der Waals surface area contributed by atoms with E-state index in [1.807, 2.05) is 29.2 Å². The lowest BCUT2D eigenvalue weighted by atomic mass is 10.1. The second-order valence-corrected chi connectivity index (χ2v) is 7.07. The van der Waals surface area contributed by atoms with Gasteiger partial charge in [-0.05, 0) is 49.9 Å². The largest absolute Gasteiger partial charge is 0.479 e. The number of benzene rings is 1. The zero-order chi connectivity index (χ0) is 16.9. The summed E-state index contributed by atoms with van der Waals surface area (Å²) >= 11 is 11.3. The van der Waals surface area contributed by atoms with Crippen LogP contribution in [0.25, 0.3) is 0 Å². The van der Waals surface area contributed by atoms with E-state index in [1.54, 1.807) is 0 Å². The van der Waals surface area contributed by atoms with Crippen molar-refractivity contribution < 1.29 is 14.7 Å². The summed E-state index contributed by atoms with van der Waals surface area (Å²) in [5.41, 5.74) is 1.81. The van der Waals surface area contributed by atoms with E-state index in [-0.39, 0.29) is 12.3 Å². The van der Waals surface area contributed by atoms with E-state index in [2.05, 4.69) is 5.32 Å². The molecule has 7 heteroatoms. The predicted molar refractivity (Wildman–Crippen MR) is 92.4 cm³/mol. The Balaban J connectivity index is 1.81. The van der Waals surface area contributed by atoms with Crippen molar-refractivity contribution in [2.75, 3.05) is 23.3 Å². The lowest BCUT2D eigenvalue weighted by Gasteiger charge is -2.26. The van der Waals surface area contributed by atoms with Crippen LogP contribution in [0.15, 0.2) is 24.3 Å². The molecule has 2 rings (SSSR count). The molecule has 1 saturated heterocycles. The molecular weight excluding hydrogens is 339 g/mol. The van der Waals surface area contributed by atoms with Gasteiger partial charge in [-0.2, -0.15) is 0 Å². The van der Waals surface area contributed by atoms with Crippen LogP contribution in [-0.4, -0.2) is 34.4 Å². The molecule has 0 saturated carbocycles. The molecule has 0 aliphatic carbocycles. The Hall–Kier alpha value is -1.46. The van der Waals surface area contributed by atoms with Crippen molar-refractivity contribution in [2.45, 2.75) is 36.4 Å². The number of amides is 1. The number of aliphatic carboxylic acids is 1. The van der Waals surface area contributed by atoms with Crippen molar-refractivity contribution in [1.29, 1.82) is 0 Å². The van der Waals surface area contributed by atoms with Crippen LogP contribution in [-0.2, 0) is 9.59 Å². The number of rotatable bonds is 7. The fraction of sp³-hybridized carbons (Fsp3) is 0.500. The van der Waals surface area contributed by atoms with Gasteiger partial charge in [0.05, 0.1) is 0 Å². The molecule has 1 aliphatic heterocycles. The molecule has 1 fully saturated rings. The molecule has 5 nitrogen and oxygen atoms in total. The smallest absolute Gasteiger partial charge is 0.340 e. The molecule has 1 aromatic carbocycles. The van der Waals surface area contributed by atoms with Crippen LogP contribution in [0, 0.1) is 0 Å². The van der Waals surface area contributed by atoms with Crippen molar-refractivity contribution >= 4 is 46.5 Å². The predicted octanol–water partition coefficient (Wildman–Crippen LogP) is 3.65. The quantitative estimate of drug-likeness (QED) is 0.576. The zero-order valence-electron chi connectivity index (χ0n) is 12.7. The highest BCUT2D eigenvalue weighted by Crippen LogP contribution is 2.27. The minimum atomic E-state index is -1.74. The van der Waals surface area contributed by atoms with Crippen molar-refractivity contribution in [1.82, 2.24) is 0 Å². The SMILES string of the molecule is O=C1CCCCN1c1ccc(NCCCC(Cl)(Cl)C(=O)O)cc1. The fourth-order valence-corrected chi connectivity index (χ4v) is 2.76. The first-order chi connectivity index (χ1) is 10.9. The summed E-state index contributed by atoms with van der Waals surface area (Å²) in [6, 6.07) is 7.64. The molecule has 1 heterocycles. The van der Waals surface area contributed by atoms with Crippen LogP contribution in [0.5, 0.6) is 0 Å². The average molecular weight is 359 g/mol. The Morgan fingerprint density at radius 1 is 1.26 bits per heavy atom. The van der Waals surface area contributed by atoms with Crippen LogP contribution in [0.4, 0.5) is 11.4 Å².